The Kier molecular flexibility index (Phi) is 1.69. The lowest BCUT2D eigenvalue weighted by Crippen LogP contribution is -2.28. The summed E-state index contributed by atoms with van der Waals surface area (Å²) < 4.78 is 0. The maximum absolute atomic E-state index is 5.73. The molecule has 12 heavy (non-hydrogen) atoms. The number of nitrogens with two attached hydrogens (primary N) is 1. The van der Waals surface area contributed by atoms with Crippen LogP contribution in [-0.4, -0.2) is 28.5 Å². The first-order chi connectivity index (χ1) is 5.77. The Labute approximate surface area is 71.4 Å². The third kappa shape index (κ3) is 1.14. The van der Waals surface area contributed by atoms with Crippen LogP contribution in [0, 0.1) is 0 Å². The lowest BCUT2D eigenvalue weighted by Gasteiger charge is -2.24. The molecule has 2 heterocycles. The highest BCUT2D eigenvalue weighted by Gasteiger charge is 2.16. The van der Waals surface area contributed by atoms with Gasteiger partial charge in [0.25, 0.3) is 0 Å². The van der Waals surface area contributed by atoms with E-state index in [1.54, 1.807) is 6.33 Å². The third-order valence-corrected chi connectivity index (χ3v) is 2.23. The monoisotopic (exact) mass is 164 g/mol. The van der Waals surface area contributed by atoms with Gasteiger partial charge in [0, 0.05) is 25.1 Å². The predicted molar refractivity (Wildman–Crippen MR) is 46.5 cm³/mol. The molecule has 0 radical (unpaired) electrons. The molecule has 0 unspecified atom stereocenters. The lowest BCUT2D eigenvalue weighted by molar-refractivity contribution is 0.310. The minimum atomic E-state index is 0.631. The first-order valence-corrected chi connectivity index (χ1v) is 4.04. The van der Waals surface area contributed by atoms with Crippen molar-refractivity contribution in [2.75, 3.05) is 19.3 Å². The zero-order chi connectivity index (χ0) is 8.55. The highest BCUT2D eigenvalue weighted by molar-refractivity contribution is 5.42. The van der Waals surface area contributed by atoms with E-state index in [0.29, 0.717) is 5.82 Å². The van der Waals surface area contributed by atoms with E-state index >= 15 is 0 Å². The summed E-state index contributed by atoms with van der Waals surface area (Å²) >= 11 is 0. The Hall–Kier alpha value is -1.16. The van der Waals surface area contributed by atoms with Gasteiger partial charge < -0.3 is 10.6 Å². The van der Waals surface area contributed by atoms with Crippen molar-refractivity contribution in [3.8, 4) is 0 Å². The van der Waals surface area contributed by atoms with Gasteiger partial charge in [-0.1, -0.05) is 0 Å². The molecule has 0 atom stereocenters. The minimum Gasteiger partial charge on any atom is -0.383 e. The fourth-order valence-electron chi connectivity index (χ4n) is 1.50. The fourth-order valence-corrected chi connectivity index (χ4v) is 1.50. The quantitative estimate of drug-likeness (QED) is 0.588. The number of hydrogen-bond donors (Lipinski definition) is 1. The summed E-state index contributed by atoms with van der Waals surface area (Å²) in [6.45, 7) is 1.94. The van der Waals surface area contributed by atoms with Crippen LogP contribution in [0.2, 0.25) is 0 Å². The van der Waals surface area contributed by atoms with E-state index in [0.717, 1.165) is 30.8 Å². The van der Waals surface area contributed by atoms with Gasteiger partial charge in [0.2, 0.25) is 0 Å². The second-order valence-corrected chi connectivity index (χ2v) is 3.17. The molecular weight excluding hydrogens is 152 g/mol. The van der Waals surface area contributed by atoms with Crippen LogP contribution in [-0.2, 0) is 13.0 Å². The van der Waals surface area contributed by atoms with Crippen molar-refractivity contribution in [3.05, 3.63) is 17.6 Å². The Morgan fingerprint density at radius 1 is 1.50 bits per heavy atom. The first kappa shape index (κ1) is 7.49. The fraction of sp³-hybridized carbons (Fsp3) is 0.500. The first-order valence-electron chi connectivity index (χ1n) is 4.04. The normalized spacial score (nSPS) is 17.4. The van der Waals surface area contributed by atoms with Crippen molar-refractivity contribution in [1.29, 1.82) is 0 Å². The molecule has 2 rings (SSSR count). The van der Waals surface area contributed by atoms with Crippen LogP contribution in [0.4, 0.5) is 5.82 Å². The largest absolute Gasteiger partial charge is 0.383 e. The summed E-state index contributed by atoms with van der Waals surface area (Å²) in [4.78, 5) is 10.4. The number of nitrogen functional groups attached to an aromatic ring is 1. The number of fused-ring (bicyclic) bond motifs is 1. The summed E-state index contributed by atoms with van der Waals surface area (Å²) in [5.41, 5.74) is 7.94. The van der Waals surface area contributed by atoms with Crippen LogP contribution in [0.1, 0.15) is 11.3 Å². The molecule has 0 bridgehead atoms. The summed E-state index contributed by atoms with van der Waals surface area (Å²) in [6, 6.07) is 0. The Morgan fingerprint density at radius 3 is 3.17 bits per heavy atom. The predicted octanol–water partition coefficient (Wildman–Crippen LogP) is 0.0467. The lowest BCUT2D eigenvalue weighted by atomic mass is 10.1. The van der Waals surface area contributed by atoms with Crippen molar-refractivity contribution in [2.24, 2.45) is 0 Å². The SMILES string of the molecule is CN1CCc2ncnc(N)c2C1. The van der Waals surface area contributed by atoms with Gasteiger partial charge in [-0.3, -0.25) is 0 Å². The second kappa shape index (κ2) is 2.71. The van der Waals surface area contributed by atoms with Crippen molar-refractivity contribution < 1.29 is 0 Å². The van der Waals surface area contributed by atoms with Gasteiger partial charge in [-0.05, 0) is 7.05 Å². The summed E-state index contributed by atoms with van der Waals surface area (Å²) in [5, 5.41) is 0. The summed E-state index contributed by atoms with van der Waals surface area (Å²) in [6.07, 6.45) is 2.53. The topological polar surface area (TPSA) is 55.0 Å². The van der Waals surface area contributed by atoms with Gasteiger partial charge in [-0.2, -0.15) is 0 Å². The zero-order valence-electron chi connectivity index (χ0n) is 7.12. The minimum absolute atomic E-state index is 0.631. The van der Waals surface area contributed by atoms with E-state index in [1.165, 1.54) is 0 Å². The number of rotatable bonds is 0. The molecule has 1 aromatic heterocycles. The molecule has 4 nitrogen and oxygen atoms in total. The Morgan fingerprint density at radius 2 is 2.33 bits per heavy atom. The second-order valence-electron chi connectivity index (χ2n) is 3.17. The molecule has 0 aromatic carbocycles. The maximum Gasteiger partial charge on any atom is 0.131 e. The number of aromatic nitrogens is 2. The number of nitrogens with zero attached hydrogens (tertiary/aromatic N) is 3. The van der Waals surface area contributed by atoms with Crippen LogP contribution >= 0.6 is 0 Å². The van der Waals surface area contributed by atoms with Crippen LogP contribution in [0.5, 0.6) is 0 Å². The molecule has 2 N–H and O–H groups in total. The molecule has 0 amide bonds. The molecule has 0 spiro atoms. The summed E-state index contributed by atoms with van der Waals surface area (Å²) in [5.74, 6) is 0.631. The van der Waals surface area contributed by atoms with Gasteiger partial charge in [-0.25, -0.2) is 9.97 Å². The summed E-state index contributed by atoms with van der Waals surface area (Å²) in [7, 11) is 2.08. The molecule has 0 aliphatic carbocycles. The third-order valence-electron chi connectivity index (χ3n) is 2.23. The molecule has 1 aromatic rings. The van der Waals surface area contributed by atoms with Gasteiger partial charge >= 0.3 is 0 Å². The molecule has 0 fully saturated rings. The number of likely N-dealkylation sites (N-methyl/N-ethyl adjacent to an activating group) is 1. The van der Waals surface area contributed by atoms with Crippen molar-refractivity contribution in [1.82, 2.24) is 14.9 Å². The highest BCUT2D eigenvalue weighted by Crippen LogP contribution is 2.18. The highest BCUT2D eigenvalue weighted by atomic mass is 15.1. The van der Waals surface area contributed by atoms with E-state index in [-0.39, 0.29) is 0 Å². The zero-order valence-corrected chi connectivity index (χ0v) is 7.12. The molecule has 0 saturated heterocycles. The average molecular weight is 164 g/mol. The van der Waals surface area contributed by atoms with E-state index < -0.39 is 0 Å². The van der Waals surface area contributed by atoms with Gasteiger partial charge in [0.05, 0.1) is 5.69 Å². The Bertz CT molecular complexity index is 297. The van der Waals surface area contributed by atoms with Crippen LogP contribution in [0.15, 0.2) is 6.33 Å². The van der Waals surface area contributed by atoms with Crippen LogP contribution < -0.4 is 5.73 Å². The number of anilines is 1. The maximum atomic E-state index is 5.73. The standard InChI is InChI=1S/C8H12N4/c1-12-3-2-7-6(4-12)8(9)11-5-10-7/h5H,2-4H2,1H3,(H2,9,10,11). The van der Waals surface area contributed by atoms with Crippen molar-refractivity contribution in [2.45, 2.75) is 13.0 Å². The molecule has 1 aliphatic rings. The molecule has 0 saturated carbocycles. The average Bonchev–Trinajstić information content (AvgIpc) is 2.07. The van der Waals surface area contributed by atoms with Gasteiger partial charge in [0.15, 0.2) is 0 Å². The van der Waals surface area contributed by atoms with E-state index in [9.17, 15) is 0 Å². The van der Waals surface area contributed by atoms with E-state index in [1.807, 2.05) is 0 Å². The van der Waals surface area contributed by atoms with E-state index in [4.69, 9.17) is 5.73 Å². The van der Waals surface area contributed by atoms with Crippen molar-refractivity contribution in [3.63, 3.8) is 0 Å². The molecular formula is C8H12N4. The van der Waals surface area contributed by atoms with Crippen LogP contribution in [0.25, 0.3) is 0 Å². The smallest absolute Gasteiger partial charge is 0.131 e. The number of hydrogen-bond acceptors (Lipinski definition) is 4. The van der Waals surface area contributed by atoms with Crippen LogP contribution in [0.3, 0.4) is 0 Å². The van der Waals surface area contributed by atoms with Crippen molar-refractivity contribution >= 4 is 5.82 Å². The molecule has 1 aliphatic heterocycles. The Balaban J connectivity index is 2.43. The molecule has 64 valence electrons. The van der Waals surface area contributed by atoms with Gasteiger partial charge in [0.1, 0.15) is 12.1 Å². The molecule has 4 heteroatoms. The van der Waals surface area contributed by atoms with Gasteiger partial charge in [-0.15, -0.1) is 0 Å². The van der Waals surface area contributed by atoms with E-state index in [2.05, 4.69) is 21.9 Å².